The van der Waals surface area contributed by atoms with E-state index in [1.54, 1.807) is 0 Å². The third kappa shape index (κ3) is 3.41. The van der Waals surface area contributed by atoms with Crippen molar-refractivity contribution >= 4 is 24.0 Å². The van der Waals surface area contributed by atoms with Crippen LogP contribution in [0.2, 0.25) is 0 Å². The molecule has 2 rings (SSSR count). The maximum Gasteiger partial charge on any atom is 0.251 e. The number of fused-ring (bicyclic) bond motifs is 1. The first-order chi connectivity index (χ1) is 8.58. The van der Waals surface area contributed by atoms with Crippen LogP contribution in [0.15, 0.2) is 18.2 Å². The molecule has 0 saturated heterocycles. The number of hydrogen-bond donors (Lipinski definition) is 2. The van der Waals surface area contributed by atoms with E-state index in [9.17, 15) is 4.79 Å². The van der Waals surface area contributed by atoms with Gasteiger partial charge in [0.15, 0.2) is 0 Å². The van der Waals surface area contributed by atoms with Crippen molar-refractivity contribution in [2.75, 3.05) is 11.9 Å². The molecular formula is C15H23ClN2O. The standard InChI is InChI=1S/C15H22N2O.ClH/c1-4-15(3,5-2)17-14(18)12-6-7-13-11(10-12)8-9-16-13;/h6-7,10,16H,4-5,8-9H2,1-3H3,(H,17,18);1H. The molecule has 2 N–H and O–H groups in total. The van der Waals surface area contributed by atoms with Crippen LogP contribution in [0.4, 0.5) is 5.69 Å². The molecule has 4 heteroatoms. The normalized spacial score (nSPS) is 13.2. The number of hydrogen-bond acceptors (Lipinski definition) is 2. The highest BCUT2D eigenvalue weighted by Crippen LogP contribution is 2.23. The quantitative estimate of drug-likeness (QED) is 0.889. The predicted molar refractivity (Wildman–Crippen MR) is 82.3 cm³/mol. The van der Waals surface area contributed by atoms with Crippen molar-refractivity contribution in [1.82, 2.24) is 5.32 Å². The number of amides is 1. The summed E-state index contributed by atoms with van der Waals surface area (Å²) in [6, 6.07) is 5.92. The summed E-state index contributed by atoms with van der Waals surface area (Å²) in [7, 11) is 0. The second-order valence-electron chi connectivity index (χ2n) is 5.27. The predicted octanol–water partition coefficient (Wildman–Crippen LogP) is 3.38. The zero-order valence-electron chi connectivity index (χ0n) is 11.9. The maximum atomic E-state index is 12.2. The molecule has 106 valence electrons. The van der Waals surface area contributed by atoms with Gasteiger partial charge < -0.3 is 10.6 Å². The van der Waals surface area contributed by atoms with E-state index < -0.39 is 0 Å². The Morgan fingerprint density at radius 1 is 1.37 bits per heavy atom. The van der Waals surface area contributed by atoms with Gasteiger partial charge in [-0.1, -0.05) is 13.8 Å². The number of nitrogens with one attached hydrogen (secondary N) is 2. The van der Waals surface area contributed by atoms with Crippen LogP contribution >= 0.6 is 12.4 Å². The molecule has 0 fully saturated rings. The van der Waals surface area contributed by atoms with Gasteiger partial charge in [0.2, 0.25) is 0 Å². The van der Waals surface area contributed by atoms with E-state index in [0.29, 0.717) is 0 Å². The summed E-state index contributed by atoms with van der Waals surface area (Å²) >= 11 is 0. The van der Waals surface area contributed by atoms with Crippen LogP contribution in [0.3, 0.4) is 0 Å². The highest BCUT2D eigenvalue weighted by Gasteiger charge is 2.23. The number of carbonyl (C=O) groups is 1. The van der Waals surface area contributed by atoms with Crippen molar-refractivity contribution in [3.8, 4) is 0 Å². The fourth-order valence-corrected chi connectivity index (χ4v) is 2.22. The Balaban J connectivity index is 0.00000180. The van der Waals surface area contributed by atoms with Crippen molar-refractivity contribution in [1.29, 1.82) is 0 Å². The van der Waals surface area contributed by atoms with Gasteiger partial charge in [-0.2, -0.15) is 0 Å². The molecule has 0 radical (unpaired) electrons. The van der Waals surface area contributed by atoms with Gasteiger partial charge in [0.25, 0.3) is 5.91 Å². The fraction of sp³-hybridized carbons (Fsp3) is 0.533. The van der Waals surface area contributed by atoms with Gasteiger partial charge >= 0.3 is 0 Å². The number of rotatable bonds is 4. The van der Waals surface area contributed by atoms with E-state index in [-0.39, 0.29) is 23.9 Å². The highest BCUT2D eigenvalue weighted by atomic mass is 35.5. The minimum Gasteiger partial charge on any atom is -0.384 e. The van der Waals surface area contributed by atoms with Crippen LogP contribution in [0, 0.1) is 0 Å². The lowest BCUT2D eigenvalue weighted by molar-refractivity contribution is 0.0901. The molecule has 0 saturated carbocycles. The average molecular weight is 283 g/mol. The van der Waals surface area contributed by atoms with Gasteiger partial charge in [0, 0.05) is 23.3 Å². The zero-order valence-corrected chi connectivity index (χ0v) is 12.7. The number of benzene rings is 1. The Bertz CT molecular complexity index is 455. The lowest BCUT2D eigenvalue weighted by atomic mass is 9.95. The van der Waals surface area contributed by atoms with Gasteiger partial charge in [-0.3, -0.25) is 4.79 Å². The Morgan fingerprint density at radius 2 is 2.05 bits per heavy atom. The smallest absolute Gasteiger partial charge is 0.251 e. The van der Waals surface area contributed by atoms with Crippen LogP contribution in [0.1, 0.15) is 49.5 Å². The van der Waals surface area contributed by atoms with E-state index in [0.717, 1.165) is 31.4 Å². The minimum atomic E-state index is -0.103. The second kappa shape index (κ2) is 6.29. The first-order valence-corrected chi connectivity index (χ1v) is 6.77. The van der Waals surface area contributed by atoms with E-state index in [4.69, 9.17) is 0 Å². The van der Waals surface area contributed by atoms with Crippen LogP contribution < -0.4 is 10.6 Å². The van der Waals surface area contributed by atoms with Gasteiger partial charge in [0.1, 0.15) is 0 Å². The highest BCUT2D eigenvalue weighted by molar-refractivity contribution is 5.95. The van der Waals surface area contributed by atoms with Crippen LogP contribution in [-0.2, 0) is 6.42 Å². The van der Waals surface area contributed by atoms with Crippen LogP contribution in [0.5, 0.6) is 0 Å². The molecule has 0 atom stereocenters. The summed E-state index contributed by atoms with van der Waals surface area (Å²) < 4.78 is 0. The van der Waals surface area contributed by atoms with E-state index in [1.807, 2.05) is 18.2 Å². The lowest BCUT2D eigenvalue weighted by Gasteiger charge is -2.28. The maximum absolute atomic E-state index is 12.2. The first kappa shape index (κ1) is 15.8. The number of carbonyl (C=O) groups excluding carboxylic acids is 1. The summed E-state index contributed by atoms with van der Waals surface area (Å²) in [5.74, 6) is 0.0379. The third-order valence-electron chi connectivity index (χ3n) is 4.05. The van der Waals surface area contributed by atoms with Gasteiger partial charge in [0.05, 0.1) is 0 Å². The third-order valence-corrected chi connectivity index (χ3v) is 4.05. The van der Waals surface area contributed by atoms with Crippen molar-refractivity contribution < 1.29 is 4.79 Å². The molecule has 1 heterocycles. The summed E-state index contributed by atoms with van der Waals surface area (Å²) in [5.41, 5.74) is 3.08. The zero-order chi connectivity index (χ0) is 13.2. The summed E-state index contributed by atoms with van der Waals surface area (Å²) in [4.78, 5) is 12.2. The van der Waals surface area contributed by atoms with Gasteiger partial charge in [-0.15, -0.1) is 12.4 Å². The monoisotopic (exact) mass is 282 g/mol. The molecule has 1 aromatic carbocycles. The molecule has 19 heavy (non-hydrogen) atoms. The van der Waals surface area contributed by atoms with Crippen LogP contribution in [-0.4, -0.2) is 18.0 Å². The van der Waals surface area contributed by atoms with Crippen LogP contribution in [0.25, 0.3) is 0 Å². The number of halogens is 1. The largest absolute Gasteiger partial charge is 0.384 e. The lowest BCUT2D eigenvalue weighted by Crippen LogP contribution is -2.44. The first-order valence-electron chi connectivity index (χ1n) is 6.77. The van der Waals surface area contributed by atoms with E-state index in [1.165, 1.54) is 11.3 Å². The van der Waals surface area contributed by atoms with E-state index >= 15 is 0 Å². The molecule has 1 aromatic rings. The molecule has 1 aliphatic rings. The Hall–Kier alpha value is -1.22. The summed E-state index contributed by atoms with van der Waals surface area (Å²) in [5, 5.41) is 6.45. The van der Waals surface area contributed by atoms with Crippen molar-refractivity contribution in [3.63, 3.8) is 0 Å². The Kier molecular flexibility index (Phi) is 5.24. The molecular weight excluding hydrogens is 260 g/mol. The molecule has 1 aliphatic heterocycles. The van der Waals surface area contributed by atoms with Crippen molar-refractivity contribution in [2.45, 2.75) is 45.6 Å². The summed E-state index contributed by atoms with van der Waals surface area (Å²) in [6.07, 6.45) is 2.90. The molecule has 0 aromatic heterocycles. The molecule has 1 amide bonds. The molecule has 3 nitrogen and oxygen atoms in total. The second-order valence-corrected chi connectivity index (χ2v) is 5.27. The Labute approximate surface area is 121 Å². The molecule has 0 spiro atoms. The van der Waals surface area contributed by atoms with Crippen molar-refractivity contribution in [2.24, 2.45) is 0 Å². The number of anilines is 1. The van der Waals surface area contributed by atoms with Gasteiger partial charge in [-0.25, -0.2) is 0 Å². The van der Waals surface area contributed by atoms with Crippen molar-refractivity contribution in [3.05, 3.63) is 29.3 Å². The molecule has 0 aliphatic carbocycles. The SMILES string of the molecule is CCC(C)(CC)NC(=O)c1ccc2c(c1)CCN2.Cl. The average Bonchev–Trinajstić information content (AvgIpc) is 2.85. The topological polar surface area (TPSA) is 41.1 Å². The summed E-state index contributed by atoms with van der Waals surface area (Å²) in [6.45, 7) is 7.29. The molecule has 0 bridgehead atoms. The fourth-order valence-electron chi connectivity index (χ4n) is 2.22. The van der Waals surface area contributed by atoms with E-state index in [2.05, 4.69) is 31.4 Å². The van der Waals surface area contributed by atoms with Gasteiger partial charge in [-0.05, 0) is 49.9 Å². The minimum absolute atomic E-state index is 0. The Morgan fingerprint density at radius 3 is 2.68 bits per heavy atom. The molecule has 0 unspecified atom stereocenters.